The molecule has 0 bridgehead atoms. The molecule has 1 heterocycles. The van der Waals surface area contributed by atoms with Crippen LogP contribution in [0.25, 0.3) is 0 Å². The summed E-state index contributed by atoms with van der Waals surface area (Å²) >= 11 is 6.27. The number of hydrogen-bond donors (Lipinski definition) is 1. The Bertz CT molecular complexity index is 471. The van der Waals surface area contributed by atoms with Gasteiger partial charge >= 0.3 is 6.18 Å². The van der Waals surface area contributed by atoms with Gasteiger partial charge in [-0.1, -0.05) is 23.7 Å². The van der Waals surface area contributed by atoms with Crippen molar-refractivity contribution >= 4 is 17.3 Å². The largest absolute Gasteiger partial charge is 0.401 e. The number of nitrogens with two attached hydrogens (primary N) is 1. The number of piperazine rings is 1. The monoisotopic (exact) mass is 321 g/mol. The van der Waals surface area contributed by atoms with Crippen LogP contribution in [0.2, 0.25) is 5.02 Å². The van der Waals surface area contributed by atoms with Crippen LogP contribution in [0.3, 0.4) is 0 Å². The third-order valence-electron chi connectivity index (χ3n) is 3.58. The first-order valence-corrected chi connectivity index (χ1v) is 7.30. The lowest BCUT2D eigenvalue weighted by molar-refractivity contribution is -0.146. The van der Waals surface area contributed by atoms with Gasteiger partial charge in [0.05, 0.1) is 17.3 Å². The van der Waals surface area contributed by atoms with Gasteiger partial charge in [-0.05, 0) is 24.6 Å². The number of benzene rings is 1. The third kappa shape index (κ3) is 4.49. The Kier molecular flexibility index (Phi) is 5.35. The Morgan fingerprint density at radius 1 is 1.14 bits per heavy atom. The average molecular weight is 322 g/mol. The fourth-order valence-corrected chi connectivity index (χ4v) is 2.97. The zero-order chi connectivity index (χ0) is 15.5. The molecule has 0 saturated carbocycles. The van der Waals surface area contributed by atoms with Crippen LogP contribution in [0, 0.1) is 0 Å². The molecule has 1 saturated heterocycles. The maximum absolute atomic E-state index is 12.4. The van der Waals surface area contributed by atoms with Gasteiger partial charge in [0.2, 0.25) is 0 Å². The zero-order valence-electron chi connectivity index (χ0n) is 11.7. The highest BCUT2D eigenvalue weighted by molar-refractivity contribution is 6.33. The van der Waals surface area contributed by atoms with Gasteiger partial charge in [-0.25, -0.2) is 0 Å². The van der Waals surface area contributed by atoms with Gasteiger partial charge in [0.1, 0.15) is 0 Å². The summed E-state index contributed by atoms with van der Waals surface area (Å²) in [5.41, 5.74) is 7.57. The van der Waals surface area contributed by atoms with Crippen molar-refractivity contribution in [2.24, 2.45) is 5.73 Å². The summed E-state index contributed by atoms with van der Waals surface area (Å²) in [5, 5.41) is 0.630. The summed E-state index contributed by atoms with van der Waals surface area (Å²) in [6.07, 6.45) is -3.43. The number of rotatable bonds is 4. The summed E-state index contributed by atoms with van der Waals surface area (Å²) in [4.78, 5) is 3.48. The highest BCUT2D eigenvalue weighted by atomic mass is 35.5. The van der Waals surface area contributed by atoms with Crippen molar-refractivity contribution in [3.8, 4) is 0 Å². The van der Waals surface area contributed by atoms with E-state index in [1.165, 1.54) is 4.90 Å². The van der Waals surface area contributed by atoms with Crippen LogP contribution in [-0.2, 0) is 6.42 Å². The molecular weight excluding hydrogens is 303 g/mol. The van der Waals surface area contributed by atoms with Crippen LogP contribution in [0.4, 0.5) is 18.9 Å². The third-order valence-corrected chi connectivity index (χ3v) is 3.88. The Morgan fingerprint density at radius 2 is 1.81 bits per heavy atom. The molecule has 0 unspecified atom stereocenters. The molecule has 2 rings (SSSR count). The normalized spacial score (nSPS) is 17.3. The van der Waals surface area contributed by atoms with Gasteiger partial charge in [0.15, 0.2) is 0 Å². The van der Waals surface area contributed by atoms with Crippen LogP contribution in [0.5, 0.6) is 0 Å². The number of hydrogen-bond acceptors (Lipinski definition) is 3. The molecular formula is C14H19ClF3N3. The topological polar surface area (TPSA) is 32.5 Å². The quantitative estimate of drug-likeness (QED) is 0.925. The fourth-order valence-electron chi connectivity index (χ4n) is 2.65. The molecule has 0 radical (unpaired) electrons. The average Bonchev–Trinajstić information content (AvgIpc) is 2.39. The number of para-hydroxylation sites is 1. The first kappa shape index (κ1) is 16.4. The maximum Gasteiger partial charge on any atom is 0.401 e. The van der Waals surface area contributed by atoms with E-state index in [2.05, 4.69) is 4.90 Å². The summed E-state index contributed by atoms with van der Waals surface area (Å²) in [5.74, 6) is 0. The van der Waals surface area contributed by atoms with Gasteiger partial charge < -0.3 is 10.6 Å². The Hall–Kier alpha value is -0.980. The molecule has 118 valence electrons. The summed E-state index contributed by atoms with van der Waals surface area (Å²) in [6, 6.07) is 5.64. The minimum atomic E-state index is -4.14. The summed E-state index contributed by atoms with van der Waals surface area (Å²) in [7, 11) is 0. The van der Waals surface area contributed by atoms with Gasteiger partial charge in [0, 0.05) is 26.2 Å². The Balaban J connectivity index is 2.05. The molecule has 21 heavy (non-hydrogen) atoms. The second kappa shape index (κ2) is 6.85. The molecule has 1 aromatic carbocycles. The van der Waals surface area contributed by atoms with Crippen LogP contribution in [0.15, 0.2) is 18.2 Å². The lowest BCUT2D eigenvalue weighted by atomic mass is 10.1. The first-order valence-electron chi connectivity index (χ1n) is 6.92. The molecule has 0 spiro atoms. The Labute approximate surface area is 127 Å². The van der Waals surface area contributed by atoms with E-state index in [0.717, 1.165) is 11.3 Å². The summed E-state index contributed by atoms with van der Waals surface area (Å²) < 4.78 is 37.2. The van der Waals surface area contributed by atoms with E-state index >= 15 is 0 Å². The highest BCUT2D eigenvalue weighted by Gasteiger charge is 2.32. The molecule has 2 N–H and O–H groups in total. The van der Waals surface area contributed by atoms with E-state index in [4.69, 9.17) is 17.3 Å². The minimum absolute atomic E-state index is 0.382. The predicted molar refractivity (Wildman–Crippen MR) is 78.9 cm³/mol. The van der Waals surface area contributed by atoms with Crippen molar-refractivity contribution in [2.75, 3.05) is 44.2 Å². The van der Waals surface area contributed by atoms with Crippen LogP contribution >= 0.6 is 11.6 Å². The standard InChI is InChI=1S/C14H19ClF3N3/c15-12-3-1-2-11(4-5-19)13(12)21-8-6-20(7-9-21)10-14(16,17)18/h1-3H,4-10,19H2. The van der Waals surface area contributed by atoms with Gasteiger partial charge in [-0.3, -0.25) is 4.90 Å². The molecule has 0 amide bonds. The van der Waals surface area contributed by atoms with Crippen molar-refractivity contribution < 1.29 is 13.2 Å². The first-order chi connectivity index (χ1) is 9.90. The zero-order valence-corrected chi connectivity index (χ0v) is 12.4. The van der Waals surface area contributed by atoms with Gasteiger partial charge in [0.25, 0.3) is 0 Å². The van der Waals surface area contributed by atoms with E-state index < -0.39 is 12.7 Å². The Morgan fingerprint density at radius 3 is 2.38 bits per heavy atom. The van der Waals surface area contributed by atoms with Crippen LogP contribution < -0.4 is 10.6 Å². The van der Waals surface area contributed by atoms with Crippen molar-refractivity contribution in [1.82, 2.24) is 4.90 Å². The number of alkyl halides is 3. The maximum atomic E-state index is 12.4. The highest BCUT2D eigenvalue weighted by Crippen LogP contribution is 2.31. The van der Waals surface area contributed by atoms with E-state index in [-0.39, 0.29) is 0 Å². The minimum Gasteiger partial charge on any atom is -0.368 e. The molecule has 1 fully saturated rings. The second-order valence-electron chi connectivity index (χ2n) is 5.16. The van der Waals surface area contributed by atoms with Crippen LogP contribution in [0.1, 0.15) is 5.56 Å². The lowest BCUT2D eigenvalue weighted by Gasteiger charge is -2.37. The molecule has 1 aliphatic rings. The predicted octanol–water partition coefficient (Wildman–Crippen LogP) is 2.53. The van der Waals surface area contributed by atoms with E-state index in [9.17, 15) is 13.2 Å². The molecule has 0 atom stereocenters. The summed E-state index contributed by atoms with van der Waals surface area (Å²) in [6.45, 7) is 1.51. The van der Waals surface area contributed by atoms with E-state index in [1.807, 2.05) is 12.1 Å². The van der Waals surface area contributed by atoms with Crippen molar-refractivity contribution in [2.45, 2.75) is 12.6 Å². The molecule has 0 aliphatic carbocycles. The van der Waals surface area contributed by atoms with Crippen molar-refractivity contribution in [3.05, 3.63) is 28.8 Å². The molecule has 1 aromatic rings. The van der Waals surface area contributed by atoms with Gasteiger partial charge in [-0.15, -0.1) is 0 Å². The number of nitrogens with zero attached hydrogens (tertiary/aromatic N) is 2. The fraction of sp³-hybridized carbons (Fsp3) is 0.571. The molecule has 1 aliphatic heterocycles. The molecule has 3 nitrogen and oxygen atoms in total. The SMILES string of the molecule is NCCc1cccc(Cl)c1N1CCN(CC(F)(F)F)CC1. The smallest absolute Gasteiger partial charge is 0.368 e. The molecule has 7 heteroatoms. The van der Waals surface area contributed by atoms with Crippen LogP contribution in [-0.4, -0.2) is 50.3 Å². The second-order valence-corrected chi connectivity index (χ2v) is 5.57. The van der Waals surface area contributed by atoms with Crippen molar-refractivity contribution in [3.63, 3.8) is 0 Å². The molecule has 0 aromatic heterocycles. The van der Waals surface area contributed by atoms with E-state index in [1.54, 1.807) is 6.07 Å². The van der Waals surface area contributed by atoms with Gasteiger partial charge in [-0.2, -0.15) is 13.2 Å². The van der Waals surface area contributed by atoms with Crippen molar-refractivity contribution in [1.29, 1.82) is 0 Å². The van der Waals surface area contributed by atoms with E-state index in [0.29, 0.717) is 44.2 Å². The number of anilines is 1. The lowest BCUT2D eigenvalue weighted by Crippen LogP contribution is -2.49. The number of halogens is 4.